The summed E-state index contributed by atoms with van der Waals surface area (Å²) in [5.74, 6) is -0.0465. The largest absolute Gasteiger partial charge is 0.395 e. The van der Waals surface area contributed by atoms with Gasteiger partial charge in [0.15, 0.2) is 5.84 Å². The van der Waals surface area contributed by atoms with Crippen LogP contribution in [0.1, 0.15) is 18.1 Å². The van der Waals surface area contributed by atoms with E-state index in [2.05, 4.69) is 29.5 Å². The minimum atomic E-state index is -0.0465. The van der Waals surface area contributed by atoms with E-state index in [4.69, 9.17) is 21.8 Å². The van der Waals surface area contributed by atoms with E-state index < -0.39 is 0 Å². The van der Waals surface area contributed by atoms with Gasteiger partial charge < -0.3 is 16.2 Å². The molecule has 0 bridgehead atoms. The molecular formula is C17H23N5O. The second kappa shape index (κ2) is 10.2. The third kappa shape index (κ3) is 5.98. The predicted molar refractivity (Wildman–Crippen MR) is 93.7 cm³/mol. The third-order valence-corrected chi connectivity index (χ3v) is 3.04. The number of hydrogen-bond acceptors (Lipinski definition) is 5. The normalized spacial score (nSPS) is 9.52. The smallest absolute Gasteiger partial charge is 0.175 e. The Morgan fingerprint density at radius 1 is 1.22 bits per heavy atom. The van der Waals surface area contributed by atoms with Crippen molar-refractivity contribution in [2.75, 3.05) is 18.5 Å². The number of aliphatic hydroxyl groups is 1. The topological polar surface area (TPSA) is 118 Å². The first-order valence-corrected chi connectivity index (χ1v) is 7.38. The van der Waals surface area contributed by atoms with E-state index in [0.29, 0.717) is 12.1 Å². The fourth-order valence-electron chi connectivity index (χ4n) is 1.88. The number of rotatable bonds is 5. The van der Waals surface area contributed by atoms with Gasteiger partial charge in [-0.05, 0) is 36.2 Å². The zero-order valence-corrected chi connectivity index (χ0v) is 13.2. The van der Waals surface area contributed by atoms with Gasteiger partial charge in [-0.2, -0.15) is 0 Å². The van der Waals surface area contributed by atoms with Crippen LogP contribution < -0.4 is 11.1 Å². The summed E-state index contributed by atoms with van der Waals surface area (Å²) in [5.41, 5.74) is 15.4. The van der Waals surface area contributed by atoms with Crippen molar-refractivity contribution in [2.45, 2.75) is 13.3 Å². The lowest BCUT2D eigenvalue weighted by atomic mass is 10.1. The van der Waals surface area contributed by atoms with Crippen LogP contribution in [0, 0.1) is 10.9 Å². The average molecular weight is 313 g/mol. The fourth-order valence-corrected chi connectivity index (χ4v) is 1.88. The van der Waals surface area contributed by atoms with E-state index in [1.165, 1.54) is 5.56 Å². The molecule has 0 aromatic heterocycles. The average Bonchev–Trinajstić information content (AvgIpc) is 2.62. The quantitative estimate of drug-likeness (QED) is 0.331. The van der Waals surface area contributed by atoms with Crippen molar-refractivity contribution in [2.24, 2.45) is 10.8 Å². The van der Waals surface area contributed by atoms with E-state index >= 15 is 0 Å². The maximum absolute atomic E-state index is 7.75. The lowest BCUT2D eigenvalue weighted by Gasteiger charge is -2.11. The molecule has 122 valence electrons. The molecular weight excluding hydrogens is 290 g/mol. The molecule has 6 heteroatoms. The van der Waals surface area contributed by atoms with Crippen molar-refractivity contribution in [3.63, 3.8) is 0 Å². The highest BCUT2D eigenvalue weighted by Gasteiger charge is 2.06. The molecule has 2 aromatic carbocycles. The highest BCUT2D eigenvalue weighted by Crippen LogP contribution is 2.22. The number of nitrogens with one attached hydrogen (secondary N) is 3. The number of hydrogen-bond donors (Lipinski definition) is 5. The molecule has 2 rings (SSSR count). The van der Waals surface area contributed by atoms with Gasteiger partial charge in [0.2, 0.25) is 0 Å². The lowest BCUT2D eigenvalue weighted by Crippen LogP contribution is -2.02. The van der Waals surface area contributed by atoms with Crippen LogP contribution in [0.3, 0.4) is 0 Å². The minimum Gasteiger partial charge on any atom is -0.395 e. The van der Waals surface area contributed by atoms with Gasteiger partial charge in [0.25, 0.3) is 0 Å². The van der Waals surface area contributed by atoms with Gasteiger partial charge in [0.05, 0.1) is 6.61 Å². The van der Waals surface area contributed by atoms with Gasteiger partial charge in [-0.3, -0.25) is 5.41 Å². The SMILES string of the molecule is CCc1cccc(Nc2ccccc2C(=N)N=N)c1.NCCO. The van der Waals surface area contributed by atoms with Crippen molar-refractivity contribution in [1.82, 2.24) is 0 Å². The number of amidine groups is 1. The second-order valence-corrected chi connectivity index (χ2v) is 4.70. The van der Waals surface area contributed by atoms with Crippen LogP contribution in [0.4, 0.5) is 11.4 Å². The highest BCUT2D eigenvalue weighted by molar-refractivity contribution is 6.02. The summed E-state index contributed by atoms with van der Waals surface area (Å²) in [6, 6.07) is 15.5. The molecule has 0 unspecified atom stereocenters. The lowest BCUT2D eigenvalue weighted by molar-refractivity contribution is 0.306. The van der Waals surface area contributed by atoms with Crippen LogP contribution in [0.2, 0.25) is 0 Å². The number of anilines is 2. The van der Waals surface area contributed by atoms with E-state index in [1.807, 2.05) is 30.3 Å². The molecule has 0 aliphatic heterocycles. The molecule has 0 saturated carbocycles. The number of aryl methyl sites for hydroxylation is 1. The van der Waals surface area contributed by atoms with Gasteiger partial charge in [0.1, 0.15) is 0 Å². The van der Waals surface area contributed by atoms with Crippen molar-refractivity contribution < 1.29 is 5.11 Å². The number of para-hydroxylation sites is 1. The molecule has 0 aliphatic carbocycles. The van der Waals surface area contributed by atoms with Crippen molar-refractivity contribution in [3.8, 4) is 0 Å². The summed E-state index contributed by atoms with van der Waals surface area (Å²) in [6.07, 6.45) is 0.981. The molecule has 0 saturated heterocycles. The van der Waals surface area contributed by atoms with Crippen molar-refractivity contribution in [3.05, 3.63) is 59.7 Å². The minimum absolute atomic E-state index is 0.0465. The summed E-state index contributed by atoms with van der Waals surface area (Å²) >= 11 is 0. The molecule has 0 heterocycles. The number of nitrogens with zero attached hydrogens (tertiary/aromatic N) is 1. The standard InChI is InChI=1S/C15H16N4.C2H7NO/c1-2-11-6-5-7-12(10-11)18-14-9-4-3-8-13(14)15(16)19-17;3-1-2-4/h3-10,16-18H,2H2,1H3;4H,1-3H2. The van der Waals surface area contributed by atoms with Gasteiger partial charge >= 0.3 is 0 Å². The molecule has 0 radical (unpaired) electrons. The number of aliphatic hydroxyl groups excluding tert-OH is 1. The van der Waals surface area contributed by atoms with Crippen LogP contribution >= 0.6 is 0 Å². The van der Waals surface area contributed by atoms with Gasteiger partial charge in [-0.15, -0.1) is 5.11 Å². The van der Waals surface area contributed by atoms with Gasteiger partial charge in [0, 0.05) is 23.5 Å². The first-order chi connectivity index (χ1) is 11.2. The molecule has 2 aromatic rings. The molecule has 0 atom stereocenters. The zero-order valence-electron chi connectivity index (χ0n) is 13.2. The molecule has 0 aliphatic rings. The molecule has 23 heavy (non-hydrogen) atoms. The summed E-state index contributed by atoms with van der Waals surface area (Å²) in [5, 5.41) is 21.9. The fraction of sp³-hybridized carbons (Fsp3) is 0.235. The Morgan fingerprint density at radius 2 is 1.91 bits per heavy atom. The van der Waals surface area contributed by atoms with E-state index in [1.54, 1.807) is 6.07 Å². The van der Waals surface area contributed by atoms with E-state index in [9.17, 15) is 0 Å². The maximum atomic E-state index is 7.75. The molecule has 0 spiro atoms. The second-order valence-electron chi connectivity index (χ2n) is 4.70. The maximum Gasteiger partial charge on any atom is 0.175 e. The molecule has 0 fully saturated rings. The third-order valence-electron chi connectivity index (χ3n) is 3.04. The van der Waals surface area contributed by atoms with Crippen LogP contribution in [0.5, 0.6) is 0 Å². The van der Waals surface area contributed by atoms with Crippen LogP contribution in [0.25, 0.3) is 0 Å². The first-order valence-electron chi connectivity index (χ1n) is 7.38. The van der Waals surface area contributed by atoms with Crippen LogP contribution in [0.15, 0.2) is 53.6 Å². The number of nitrogens with two attached hydrogens (primary N) is 1. The van der Waals surface area contributed by atoms with Gasteiger partial charge in [-0.25, -0.2) is 5.53 Å². The Kier molecular flexibility index (Phi) is 8.20. The Balaban J connectivity index is 0.000000593. The Bertz CT molecular complexity index is 640. The Labute approximate surface area is 136 Å². The summed E-state index contributed by atoms with van der Waals surface area (Å²) in [7, 11) is 0. The van der Waals surface area contributed by atoms with Crippen molar-refractivity contribution >= 4 is 17.2 Å². The zero-order chi connectivity index (χ0) is 17.1. The molecule has 0 amide bonds. The summed E-state index contributed by atoms with van der Waals surface area (Å²) in [6.45, 7) is 2.59. The summed E-state index contributed by atoms with van der Waals surface area (Å²) in [4.78, 5) is 0. The Morgan fingerprint density at radius 3 is 2.52 bits per heavy atom. The van der Waals surface area contributed by atoms with Crippen LogP contribution in [-0.4, -0.2) is 24.1 Å². The Hall–Kier alpha value is -2.57. The summed E-state index contributed by atoms with van der Waals surface area (Å²) < 4.78 is 0. The molecule has 6 nitrogen and oxygen atoms in total. The van der Waals surface area contributed by atoms with E-state index in [0.717, 1.165) is 17.8 Å². The molecule has 6 N–H and O–H groups in total. The van der Waals surface area contributed by atoms with E-state index in [-0.39, 0.29) is 12.4 Å². The highest BCUT2D eigenvalue weighted by atomic mass is 16.3. The van der Waals surface area contributed by atoms with Crippen molar-refractivity contribution in [1.29, 1.82) is 10.9 Å². The predicted octanol–water partition coefficient (Wildman–Crippen LogP) is 3.29. The van der Waals surface area contributed by atoms with Gasteiger partial charge in [-0.1, -0.05) is 31.2 Å². The first kappa shape index (κ1) is 18.5. The number of benzene rings is 2. The monoisotopic (exact) mass is 313 g/mol. The van der Waals surface area contributed by atoms with Crippen LogP contribution in [-0.2, 0) is 6.42 Å².